The van der Waals surface area contributed by atoms with Gasteiger partial charge in [0.1, 0.15) is 0 Å². The van der Waals surface area contributed by atoms with E-state index in [9.17, 15) is 0 Å². The van der Waals surface area contributed by atoms with Crippen molar-refractivity contribution in [2.24, 2.45) is 0 Å². The van der Waals surface area contributed by atoms with Crippen LogP contribution in [0.15, 0.2) is 29.2 Å². The molecule has 0 heterocycles. The molecule has 1 aromatic carbocycles. The Morgan fingerprint density at radius 3 is 2.69 bits per heavy atom. The van der Waals surface area contributed by atoms with Gasteiger partial charge in [0.2, 0.25) is 0 Å². The molecular weight excluding hydrogens is 214 g/mol. The second-order valence-electron chi connectivity index (χ2n) is 4.02. The quantitative estimate of drug-likeness (QED) is 0.562. The largest absolute Gasteiger partial charge is 0.310 e. The van der Waals surface area contributed by atoms with E-state index in [1.165, 1.54) is 29.1 Å². The van der Waals surface area contributed by atoms with Crippen molar-refractivity contribution in [2.45, 2.75) is 44.6 Å². The zero-order valence-corrected chi connectivity index (χ0v) is 11.4. The summed E-state index contributed by atoms with van der Waals surface area (Å²) in [6.45, 7) is 7.66. The average molecular weight is 237 g/mol. The Labute approximate surface area is 104 Å². The average Bonchev–Trinajstić information content (AvgIpc) is 2.30. The molecule has 0 aliphatic heterocycles. The second-order valence-corrected chi connectivity index (χ2v) is 5.16. The number of hydrogen-bond acceptors (Lipinski definition) is 2. The standard InChI is InChI=1S/C14H23NS/c1-4-6-11-16-14-10-8-7-9-13(14)12(3)15-5-2/h7-10,12,15H,4-6,11H2,1-3H3. The van der Waals surface area contributed by atoms with Crippen molar-refractivity contribution in [3.05, 3.63) is 29.8 Å². The molecule has 0 saturated heterocycles. The summed E-state index contributed by atoms with van der Waals surface area (Å²) in [5.41, 5.74) is 1.44. The van der Waals surface area contributed by atoms with Gasteiger partial charge in [0.25, 0.3) is 0 Å². The molecule has 1 rings (SSSR count). The molecule has 0 fully saturated rings. The summed E-state index contributed by atoms with van der Waals surface area (Å²) >= 11 is 1.99. The number of hydrogen-bond donors (Lipinski definition) is 1. The van der Waals surface area contributed by atoms with Crippen LogP contribution in [0.1, 0.15) is 45.2 Å². The maximum Gasteiger partial charge on any atom is 0.0302 e. The zero-order chi connectivity index (χ0) is 11.8. The Morgan fingerprint density at radius 2 is 2.00 bits per heavy atom. The van der Waals surface area contributed by atoms with Gasteiger partial charge in [0, 0.05) is 10.9 Å². The smallest absolute Gasteiger partial charge is 0.0302 e. The molecule has 1 unspecified atom stereocenters. The minimum absolute atomic E-state index is 0.454. The van der Waals surface area contributed by atoms with Crippen LogP contribution in [0.25, 0.3) is 0 Å². The molecule has 0 aliphatic carbocycles. The third-order valence-electron chi connectivity index (χ3n) is 2.65. The first kappa shape index (κ1) is 13.6. The number of nitrogens with one attached hydrogen (secondary N) is 1. The molecule has 0 aliphatic rings. The van der Waals surface area contributed by atoms with Crippen molar-refractivity contribution in [1.29, 1.82) is 0 Å². The van der Waals surface area contributed by atoms with Crippen LogP contribution >= 0.6 is 11.8 Å². The first-order chi connectivity index (χ1) is 7.79. The molecule has 1 nitrogen and oxygen atoms in total. The Balaban J connectivity index is 2.67. The van der Waals surface area contributed by atoms with E-state index in [1.54, 1.807) is 0 Å². The molecule has 1 N–H and O–H groups in total. The third kappa shape index (κ3) is 4.18. The van der Waals surface area contributed by atoms with E-state index in [0.29, 0.717) is 6.04 Å². The lowest BCUT2D eigenvalue weighted by Gasteiger charge is -2.16. The van der Waals surface area contributed by atoms with Crippen LogP contribution in [-0.2, 0) is 0 Å². The maximum absolute atomic E-state index is 3.48. The molecule has 90 valence electrons. The summed E-state index contributed by atoms with van der Waals surface area (Å²) in [7, 11) is 0. The highest BCUT2D eigenvalue weighted by Crippen LogP contribution is 2.27. The van der Waals surface area contributed by atoms with E-state index >= 15 is 0 Å². The van der Waals surface area contributed by atoms with Gasteiger partial charge in [-0.25, -0.2) is 0 Å². The van der Waals surface area contributed by atoms with Crippen molar-refractivity contribution in [3.8, 4) is 0 Å². The predicted octanol–water partition coefficient (Wildman–Crippen LogP) is 4.25. The molecule has 0 amide bonds. The fraction of sp³-hybridized carbons (Fsp3) is 0.571. The highest BCUT2D eigenvalue weighted by Gasteiger charge is 2.08. The summed E-state index contributed by atoms with van der Waals surface area (Å²) in [6.07, 6.45) is 2.58. The fourth-order valence-electron chi connectivity index (χ4n) is 1.71. The maximum atomic E-state index is 3.48. The van der Waals surface area contributed by atoms with Crippen molar-refractivity contribution in [3.63, 3.8) is 0 Å². The fourth-order valence-corrected chi connectivity index (χ4v) is 2.95. The van der Waals surface area contributed by atoms with E-state index in [2.05, 4.69) is 50.4 Å². The molecule has 0 aromatic heterocycles. The normalized spacial score (nSPS) is 12.7. The van der Waals surface area contributed by atoms with Gasteiger partial charge in [0.05, 0.1) is 0 Å². The van der Waals surface area contributed by atoms with Crippen LogP contribution in [0.5, 0.6) is 0 Å². The highest BCUT2D eigenvalue weighted by atomic mass is 32.2. The van der Waals surface area contributed by atoms with Gasteiger partial charge in [0.15, 0.2) is 0 Å². The van der Waals surface area contributed by atoms with Gasteiger partial charge < -0.3 is 5.32 Å². The van der Waals surface area contributed by atoms with E-state index in [0.717, 1.165) is 6.54 Å². The first-order valence-electron chi connectivity index (χ1n) is 6.24. The predicted molar refractivity (Wildman–Crippen MR) is 74.2 cm³/mol. The Bertz CT molecular complexity index is 299. The van der Waals surface area contributed by atoms with Gasteiger partial charge in [-0.3, -0.25) is 0 Å². The first-order valence-corrected chi connectivity index (χ1v) is 7.23. The minimum Gasteiger partial charge on any atom is -0.310 e. The van der Waals surface area contributed by atoms with Crippen LogP contribution in [0.2, 0.25) is 0 Å². The van der Waals surface area contributed by atoms with Crippen LogP contribution in [0.4, 0.5) is 0 Å². The number of rotatable bonds is 7. The number of benzene rings is 1. The second kappa shape index (κ2) is 7.75. The molecular formula is C14H23NS. The van der Waals surface area contributed by atoms with Gasteiger partial charge in [-0.2, -0.15) is 0 Å². The van der Waals surface area contributed by atoms with Crippen LogP contribution < -0.4 is 5.32 Å². The monoisotopic (exact) mass is 237 g/mol. The SMILES string of the molecule is CCCCSc1ccccc1C(C)NCC. The van der Waals surface area contributed by atoms with Gasteiger partial charge in [-0.15, -0.1) is 11.8 Å². The molecule has 0 spiro atoms. The van der Waals surface area contributed by atoms with Gasteiger partial charge in [-0.05, 0) is 37.3 Å². The molecule has 0 radical (unpaired) electrons. The third-order valence-corrected chi connectivity index (χ3v) is 3.83. The van der Waals surface area contributed by atoms with E-state index in [1.807, 2.05) is 11.8 Å². The lowest BCUT2D eigenvalue weighted by molar-refractivity contribution is 0.590. The van der Waals surface area contributed by atoms with Crippen molar-refractivity contribution < 1.29 is 0 Å². The van der Waals surface area contributed by atoms with Crippen LogP contribution in [0, 0.1) is 0 Å². The summed E-state index contributed by atoms with van der Waals surface area (Å²) < 4.78 is 0. The van der Waals surface area contributed by atoms with Crippen LogP contribution in [0.3, 0.4) is 0 Å². The van der Waals surface area contributed by atoms with E-state index < -0.39 is 0 Å². The summed E-state index contributed by atoms with van der Waals surface area (Å²) in [5, 5.41) is 3.48. The number of unbranched alkanes of at least 4 members (excludes halogenated alkanes) is 1. The van der Waals surface area contributed by atoms with Crippen molar-refractivity contribution in [1.82, 2.24) is 5.32 Å². The summed E-state index contributed by atoms with van der Waals surface area (Å²) in [6, 6.07) is 9.20. The molecule has 1 aromatic rings. The van der Waals surface area contributed by atoms with Gasteiger partial charge >= 0.3 is 0 Å². The highest BCUT2D eigenvalue weighted by molar-refractivity contribution is 7.99. The Hall–Kier alpha value is -0.470. The molecule has 16 heavy (non-hydrogen) atoms. The molecule has 0 saturated carbocycles. The lowest BCUT2D eigenvalue weighted by atomic mass is 10.1. The Morgan fingerprint density at radius 1 is 1.25 bits per heavy atom. The van der Waals surface area contributed by atoms with E-state index in [-0.39, 0.29) is 0 Å². The zero-order valence-electron chi connectivity index (χ0n) is 10.6. The molecule has 0 bridgehead atoms. The Kier molecular flexibility index (Phi) is 6.58. The van der Waals surface area contributed by atoms with Crippen molar-refractivity contribution >= 4 is 11.8 Å². The molecule has 2 heteroatoms. The summed E-state index contributed by atoms with van der Waals surface area (Å²) in [5.74, 6) is 1.23. The van der Waals surface area contributed by atoms with Crippen LogP contribution in [-0.4, -0.2) is 12.3 Å². The van der Waals surface area contributed by atoms with Crippen molar-refractivity contribution in [2.75, 3.05) is 12.3 Å². The number of thioether (sulfide) groups is 1. The topological polar surface area (TPSA) is 12.0 Å². The van der Waals surface area contributed by atoms with Gasteiger partial charge in [-0.1, -0.05) is 38.5 Å². The minimum atomic E-state index is 0.454. The lowest BCUT2D eigenvalue weighted by Crippen LogP contribution is -2.18. The van der Waals surface area contributed by atoms with E-state index in [4.69, 9.17) is 0 Å². The molecule has 1 atom stereocenters. The summed E-state index contributed by atoms with van der Waals surface area (Å²) in [4.78, 5) is 1.43.